The maximum atomic E-state index is 12.6. The summed E-state index contributed by atoms with van der Waals surface area (Å²) in [6, 6.07) is 11.8. The zero-order valence-corrected chi connectivity index (χ0v) is 16.5. The van der Waals surface area contributed by atoms with E-state index in [9.17, 15) is 13.2 Å². The van der Waals surface area contributed by atoms with Crippen LogP contribution in [0.25, 0.3) is 0 Å². The zero-order valence-electron chi connectivity index (χ0n) is 14.9. The average molecular weight is 408 g/mol. The Balaban J connectivity index is 1.62. The predicted octanol–water partition coefficient (Wildman–Crippen LogP) is 2.22. The van der Waals surface area contributed by atoms with Crippen molar-refractivity contribution >= 4 is 33.4 Å². The number of morpholine rings is 1. The van der Waals surface area contributed by atoms with Crippen LogP contribution in [0.2, 0.25) is 0 Å². The van der Waals surface area contributed by atoms with Crippen LogP contribution in [-0.4, -0.2) is 55.2 Å². The molecule has 1 unspecified atom stereocenters. The molecule has 3 rings (SSSR count). The molecule has 1 aliphatic heterocycles. The molecule has 1 fully saturated rings. The number of nitrogens with one attached hydrogen (secondary N) is 1. The molecule has 1 aromatic heterocycles. The predicted molar refractivity (Wildman–Crippen MR) is 104 cm³/mol. The van der Waals surface area contributed by atoms with Crippen molar-refractivity contribution in [2.75, 3.05) is 31.6 Å². The van der Waals surface area contributed by atoms with E-state index in [-0.39, 0.29) is 16.1 Å². The molecule has 9 heteroatoms. The summed E-state index contributed by atoms with van der Waals surface area (Å²) in [7, 11) is -3.54. The SMILES string of the molecule is CC(Sc1ccccn1)C(=O)Nc1ccc(S(=O)(=O)N2CCOCC2)cc1. The minimum atomic E-state index is -3.54. The van der Waals surface area contributed by atoms with Crippen LogP contribution in [0, 0.1) is 0 Å². The van der Waals surface area contributed by atoms with Crippen molar-refractivity contribution < 1.29 is 17.9 Å². The van der Waals surface area contributed by atoms with Gasteiger partial charge in [-0.15, -0.1) is 0 Å². The average Bonchev–Trinajstić information content (AvgIpc) is 2.70. The third kappa shape index (κ3) is 5.07. The van der Waals surface area contributed by atoms with Gasteiger partial charge >= 0.3 is 0 Å². The molecule has 0 aliphatic carbocycles. The highest BCUT2D eigenvalue weighted by atomic mass is 32.2. The van der Waals surface area contributed by atoms with Crippen molar-refractivity contribution in [1.29, 1.82) is 0 Å². The van der Waals surface area contributed by atoms with Gasteiger partial charge in [-0.3, -0.25) is 4.79 Å². The lowest BCUT2D eigenvalue weighted by Crippen LogP contribution is -2.40. The largest absolute Gasteiger partial charge is 0.379 e. The maximum absolute atomic E-state index is 12.6. The smallest absolute Gasteiger partial charge is 0.243 e. The maximum Gasteiger partial charge on any atom is 0.243 e. The van der Waals surface area contributed by atoms with E-state index < -0.39 is 10.0 Å². The van der Waals surface area contributed by atoms with Gasteiger partial charge in [-0.2, -0.15) is 4.31 Å². The molecule has 0 saturated carbocycles. The number of aromatic nitrogens is 1. The molecule has 1 N–H and O–H groups in total. The van der Waals surface area contributed by atoms with Gasteiger partial charge in [-0.25, -0.2) is 13.4 Å². The van der Waals surface area contributed by atoms with Crippen LogP contribution >= 0.6 is 11.8 Å². The lowest BCUT2D eigenvalue weighted by atomic mass is 10.3. The van der Waals surface area contributed by atoms with Crippen LogP contribution in [0.15, 0.2) is 58.6 Å². The molecule has 7 nitrogen and oxygen atoms in total. The highest BCUT2D eigenvalue weighted by Gasteiger charge is 2.26. The van der Waals surface area contributed by atoms with Gasteiger partial charge in [0.25, 0.3) is 0 Å². The first kappa shape index (κ1) is 19.8. The van der Waals surface area contributed by atoms with Crippen LogP contribution in [0.4, 0.5) is 5.69 Å². The Morgan fingerprint density at radius 2 is 1.89 bits per heavy atom. The fourth-order valence-corrected chi connectivity index (χ4v) is 4.76. The molecule has 1 saturated heterocycles. The molecule has 1 atom stereocenters. The van der Waals surface area contributed by atoms with Crippen molar-refractivity contribution in [3.05, 3.63) is 48.7 Å². The minimum Gasteiger partial charge on any atom is -0.379 e. The van der Waals surface area contributed by atoms with E-state index in [4.69, 9.17) is 4.74 Å². The number of benzene rings is 1. The summed E-state index contributed by atoms with van der Waals surface area (Å²) in [4.78, 5) is 16.7. The Morgan fingerprint density at radius 1 is 1.19 bits per heavy atom. The van der Waals surface area contributed by atoms with Crippen molar-refractivity contribution in [2.45, 2.75) is 22.1 Å². The van der Waals surface area contributed by atoms with E-state index in [0.29, 0.717) is 32.0 Å². The molecule has 27 heavy (non-hydrogen) atoms. The molecule has 1 amide bonds. The van der Waals surface area contributed by atoms with Gasteiger partial charge in [0.05, 0.1) is 28.4 Å². The summed E-state index contributed by atoms with van der Waals surface area (Å²) in [5.74, 6) is -0.172. The van der Waals surface area contributed by atoms with Crippen LogP contribution in [0.5, 0.6) is 0 Å². The third-order valence-electron chi connectivity index (χ3n) is 4.03. The lowest BCUT2D eigenvalue weighted by molar-refractivity contribution is -0.115. The number of nitrogens with zero attached hydrogens (tertiary/aromatic N) is 2. The summed E-state index contributed by atoms with van der Waals surface area (Å²) in [6.45, 7) is 3.30. The van der Waals surface area contributed by atoms with Crippen LogP contribution in [-0.2, 0) is 19.6 Å². The van der Waals surface area contributed by atoms with Crippen LogP contribution in [0.1, 0.15) is 6.92 Å². The van der Waals surface area contributed by atoms with Crippen LogP contribution in [0.3, 0.4) is 0 Å². The first-order valence-corrected chi connectivity index (χ1v) is 10.9. The molecule has 0 bridgehead atoms. The monoisotopic (exact) mass is 407 g/mol. The fourth-order valence-electron chi connectivity index (χ4n) is 2.54. The Bertz CT molecular complexity index is 867. The molecular formula is C18H21N3O4S2. The highest BCUT2D eigenvalue weighted by molar-refractivity contribution is 8.00. The molecule has 0 spiro atoms. The number of carbonyl (C=O) groups excluding carboxylic acids is 1. The van der Waals surface area contributed by atoms with Crippen molar-refractivity contribution in [3.63, 3.8) is 0 Å². The Hall–Kier alpha value is -1.94. The fraction of sp³-hybridized carbons (Fsp3) is 0.333. The standard InChI is InChI=1S/C18H21N3O4S2/c1-14(26-17-4-2-3-9-19-17)18(22)20-15-5-7-16(8-6-15)27(23,24)21-10-12-25-13-11-21/h2-9,14H,10-13H2,1H3,(H,20,22). The van der Waals surface area contributed by atoms with E-state index >= 15 is 0 Å². The number of hydrogen-bond donors (Lipinski definition) is 1. The second-order valence-electron chi connectivity index (χ2n) is 5.96. The summed E-state index contributed by atoms with van der Waals surface area (Å²) < 4.78 is 31.8. The molecular weight excluding hydrogens is 386 g/mol. The number of thioether (sulfide) groups is 1. The van der Waals surface area contributed by atoms with Crippen molar-refractivity contribution in [3.8, 4) is 0 Å². The van der Waals surface area contributed by atoms with Gasteiger partial charge in [-0.05, 0) is 43.3 Å². The van der Waals surface area contributed by atoms with Gasteiger partial charge in [0.15, 0.2) is 0 Å². The Morgan fingerprint density at radius 3 is 2.52 bits per heavy atom. The zero-order chi connectivity index (χ0) is 19.3. The number of carbonyl (C=O) groups is 1. The van der Waals surface area contributed by atoms with Gasteiger partial charge in [0.1, 0.15) is 0 Å². The third-order valence-corrected chi connectivity index (χ3v) is 7.00. The first-order valence-electron chi connectivity index (χ1n) is 8.53. The number of rotatable bonds is 6. The molecule has 1 aliphatic rings. The minimum absolute atomic E-state index is 0.172. The van der Waals surface area contributed by atoms with E-state index in [0.717, 1.165) is 5.03 Å². The molecule has 144 valence electrons. The highest BCUT2D eigenvalue weighted by Crippen LogP contribution is 2.23. The number of pyridine rings is 1. The van der Waals surface area contributed by atoms with E-state index in [1.807, 2.05) is 18.2 Å². The number of ether oxygens (including phenoxy) is 1. The van der Waals surface area contributed by atoms with Crippen LogP contribution < -0.4 is 5.32 Å². The molecule has 2 heterocycles. The quantitative estimate of drug-likeness (QED) is 0.739. The number of amides is 1. The van der Waals surface area contributed by atoms with E-state index in [1.165, 1.54) is 28.2 Å². The van der Waals surface area contributed by atoms with Crippen molar-refractivity contribution in [2.24, 2.45) is 0 Å². The number of sulfonamides is 1. The summed E-state index contributed by atoms with van der Waals surface area (Å²) in [6.07, 6.45) is 1.68. The molecule has 0 radical (unpaired) electrons. The van der Waals surface area contributed by atoms with Gasteiger partial charge < -0.3 is 10.1 Å². The molecule has 2 aromatic rings. The summed E-state index contributed by atoms with van der Waals surface area (Å²) >= 11 is 1.36. The lowest BCUT2D eigenvalue weighted by Gasteiger charge is -2.26. The summed E-state index contributed by atoms with van der Waals surface area (Å²) in [5.41, 5.74) is 0.550. The normalized spacial score (nSPS) is 16.6. The van der Waals surface area contributed by atoms with Gasteiger partial charge in [-0.1, -0.05) is 17.8 Å². The number of anilines is 1. The number of hydrogen-bond acceptors (Lipinski definition) is 6. The summed E-state index contributed by atoms with van der Waals surface area (Å²) in [5, 5.41) is 3.24. The second-order valence-corrected chi connectivity index (χ2v) is 9.26. The second kappa shape index (κ2) is 8.83. The van der Waals surface area contributed by atoms with E-state index in [2.05, 4.69) is 10.3 Å². The molecule has 1 aromatic carbocycles. The first-order chi connectivity index (χ1) is 13.0. The Kier molecular flexibility index (Phi) is 6.48. The van der Waals surface area contributed by atoms with E-state index in [1.54, 1.807) is 25.3 Å². The van der Waals surface area contributed by atoms with Gasteiger partial charge in [0.2, 0.25) is 15.9 Å². The Labute approximate surface area is 163 Å². The van der Waals surface area contributed by atoms with Crippen molar-refractivity contribution in [1.82, 2.24) is 9.29 Å². The van der Waals surface area contributed by atoms with Gasteiger partial charge in [0, 0.05) is 25.0 Å². The topological polar surface area (TPSA) is 88.6 Å².